The minimum atomic E-state index is -0.284. The maximum atomic E-state index is 5.88. The van der Waals surface area contributed by atoms with Crippen LogP contribution >= 0.6 is 0 Å². The highest BCUT2D eigenvalue weighted by Crippen LogP contribution is 2.38. The van der Waals surface area contributed by atoms with Gasteiger partial charge in [0.1, 0.15) is 0 Å². The Labute approximate surface area is 102 Å². The van der Waals surface area contributed by atoms with E-state index in [0.29, 0.717) is 6.61 Å². The fraction of sp³-hybridized carbons (Fsp3) is 0.429. The molecule has 0 spiro atoms. The first-order chi connectivity index (χ1) is 8.30. The molecule has 1 heterocycles. The molecule has 1 aromatic carbocycles. The van der Waals surface area contributed by atoms with Gasteiger partial charge < -0.3 is 14.2 Å². The number of hydrogen-bond acceptors (Lipinski definition) is 3. The van der Waals surface area contributed by atoms with E-state index in [1.807, 2.05) is 25.1 Å². The number of methoxy groups -OCH3 is 1. The van der Waals surface area contributed by atoms with Crippen LogP contribution in [-0.2, 0) is 4.74 Å². The van der Waals surface area contributed by atoms with Crippen LogP contribution in [0.5, 0.6) is 11.5 Å². The third kappa shape index (κ3) is 2.29. The van der Waals surface area contributed by atoms with Crippen LogP contribution in [0.25, 0.3) is 6.08 Å². The van der Waals surface area contributed by atoms with Crippen molar-refractivity contribution in [2.75, 3.05) is 13.7 Å². The van der Waals surface area contributed by atoms with E-state index >= 15 is 0 Å². The van der Waals surface area contributed by atoms with Crippen LogP contribution in [0.3, 0.4) is 0 Å². The molecule has 0 N–H and O–H groups in total. The summed E-state index contributed by atoms with van der Waals surface area (Å²) in [4.78, 5) is 0. The van der Waals surface area contributed by atoms with Crippen molar-refractivity contribution in [1.29, 1.82) is 0 Å². The molecule has 0 bridgehead atoms. The van der Waals surface area contributed by atoms with Gasteiger partial charge in [0, 0.05) is 12.2 Å². The third-order valence-corrected chi connectivity index (χ3v) is 2.82. The Kier molecular flexibility index (Phi) is 3.69. The smallest absolute Gasteiger partial charge is 0.223 e. The lowest BCUT2D eigenvalue weighted by Gasteiger charge is -2.27. The summed E-state index contributed by atoms with van der Waals surface area (Å²) in [5.74, 6) is 1.52. The van der Waals surface area contributed by atoms with Gasteiger partial charge in [-0.15, -0.1) is 0 Å². The molecule has 92 valence electrons. The van der Waals surface area contributed by atoms with Gasteiger partial charge in [-0.05, 0) is 31.1 Å². The zero-order valence-electron chi connectivity index (χ0n) is 10.5. The van der Waals surface area contributed by atoms with Crippen molar-refractivity contribution < 1.29 is 14.2 Å². The predicted molar refractivity (Wildman–Crippen MR) is 67.3 cm³/mol. The largest absolute Gasteiger partial charge is 0.493 e. The second kappa shape index (κ2) is 5.23. The number of ether oxygens (including phenoxy) is 3. The van der Waals surface area contributed by atoms with Crippen molar-refractivity contribution in [2.24, 2.45) is 0 Å². The second-order valence-corrected chi connectivity index (χ2v) is 3.86. The van der Waals surface area contributed by atoms with E-state index < -0.39 is 0 Å². The monoisotopic (exact) mass is 234 g/mol. The molecule has 1 atom stereocenters. The van der Waals surface area contributed by atoms with Crippen LogP contribution in [0.15, 0.2) is 23.8 Å². The number of hydrogen-bond donors (Lipinski definition) is 0. The lowest BCUT2D eigenvalue weighted by molar-refractivity contribution is -0.0524. The first kappa shape index (κ1) is 12.0. The van der Waals surface area contributed by atoms with Gasteiger partial charge in [-0.3, -0.25) is 0 Å². The molecule has 0 radical (unpaired) electrons. The summed E-state index contributed by atoms with van der Waals surface area (Å²) in [5.41, 5.74) is 2.21. The number of rotatable bonds is 4. The van der Waals surface area contributed by atoms with Crippen molar-refractivity contribution in [3.05, 3.63) is 29.3 Å². The predicted octanol–water partition coefficient (Wildman–Crippen LogP) is 3.24. The Hall–Kier alpha value is -1.48. The zero-order valence-corrected chi connectivity index (χ0v) is 10.5. The molecule has 1 aliphatic rings. The Morgan fingerprint density at radius 2 is 2.12 bits per heavy atom. The Morgan fingerprint density at radius 3 is 2.76 bits per heavy atom. The van der Waals surface area contributed by atoms with Crippen LogP contribution in [0.4, 0.5) is 0 Å². The van der Waals surface area contributed by atoms with Crippen LogP contribution < -0.4 is 9.47 Å². The van der Waals surface area contributed by atoms with Gasteiger partial charge in [0.15, 0.2) is 11.5 Å². The number of fused-ring (bicyclic) bond motifs is 1. The van der Waals surface area contributed by atoms with Crippen molar-refractivity contribution in [3.63, 3.8) is 0 Å². The molecule has 1 aliphatic heterocycles. The Morgan fingerprint density at radius 1 is 1.29 bits per heavy atom. The molecule has 3 heteroatoms. The number of para-hydroxylation sites is 1. The Bertz CT molecular complexity index is 423. The highest BCUT2D eigenvalue weighted by Gasteiger charge is 2.24. The summed E-state index contributed by atoms with van der Waals surface area (Å²) in [6.07, 6.45) is 2.76. The van der Waals surface area contributed by atoms with Gasteiger partial charge in [-0.2, -0.15) is 0 Å². The summed E-state index contributed by atoms with van der Waals surface area (Å²) in [6.45, 7) is 4.70. The zero-order chi connectivity index (χ0) is 12.3. The molecular formula is C14H18O3. The first-order valence-corrected chi connectivity index (χ1v) is 5.95. The average molecular weight is 234 g/mol. The molecule has 17 heavy (non-hydrogen) atoms. The van der Waals surface area contributed by atoms with Crippen LogP contribution in [-0.4, -0.2) is 20.0 Å². The van der Waals surface area contributed by atoms with Crippen LogP contribution in [0.2, 0.25) is 0 Å². The maximum absolute atomic E-state index is 5.88. The van der Waals surface area contributed by atoms with E-state index in [1.165, 1.54) is 0 Å². The molecule has 0 saturated carbocycles. The molecule has 2 rings (SSSR count). The standard InChI is InChI=1S/C14H18O3/c1-4-10-9-11-7-6-8-12(15-3)13(11)17-14(10)16-5-2/h6-9,14H,4-5H2,1-3H3. The molecule has 3 nitrogen and oxygen atoms in total. The average Bonchev–Trinajstić information content (AvgIpc) is 2.37. The van der Waals surface area contributed by atoms with Gasteiger partial charge in [0.05, 0.1) is 7.11 Å². The van der Waals surface area contributed by atoms with E-state index in [0.717, 1.165) is 29.1 Å². The second-order valence-electron chi connectivity index (χ2n) is 3.86. The minimum Gasteiger partial charge on any atom is -0.493 e. The van der Waals surface area contributed by atoms with E-state index in [2.05, 4.69) is 13.0 Å². The summed E-state index contributed by atoms with van der Waals surface area (Å²) in [7, 11) is 1.65. The van der Waals surface area contributed by atoms with E-state index in [4.69, 9.17) is 14.2 Å². The van der Waals surface area contributed by atoms with Crippen molar-refractivity contribution >= 4 is 6.08 Å². The normalized spacial score (nSPS) is 18.1. The highest BCUT2D eigenvalue weighted by atomic mass is 16.7. The topological polar surface area (TPSA) is 27.7 Å². The summed E-state index contributed by atoms with van der Waals surface area (Å²) in [6, 6.07) is 5.88. The van der Waals surface area contributed by atoms with Crippen LogP contribution in [0, 0.1) is 0 Å². The summed E-state index contributed by atoms with van der Waals surface area (Å²) in [5, 5.41) is 0. The molecular weight excluding hydrogens is 216 g/mol. The fourth-order valence-corrected chi connectivity index (χ4v) is 1.94. The molecule has 1 aromatic rings. The van der Waals surface area contributed by atoms with Gasteiger partial charge in [0.2, 0.25) is 6.29 Å². The van der Waals surface area contributed by atoms with Gasteiger partial charge in [-0.25, -0.2) is 0 Å². The van der Waals surface area contributed by atoms with E-state index in [-0.39, 0.29) is 6.29 Å². The SMILES string of the molecule is CCOC1Oc2c(cccc2OC)C=C1CC. The molecule has 0 fully saturated rings. The van der Waals surface area contributed by atoms with Crippen molar-refractivity contribution in [2.45, 2.75) is 26.6 Å². The van der Waals surface area contributed by atoms with Gasteiger partial charge >= 0.3 is 0 Å². The molecule has 0 aromatic heterocycles. The Balaban J connectivity index is 2.39. The minimum absolute atomic E-state index is 0.284. The molecule has 1 unspecified atom stereocenters. The molecule has 0 aliphatic carbocycles. The van der Waals surface area contributed by atoms with Gasteiger partial charge in [0.25, 0.3) is 0 Å². The van der Waals surface area contributed by atoms with Crippen molar-refractivity contribution in [3.8, 4) is 11.5 Å². The van der Waals surface area contributed by atoms with Crippen LogP contribution in [0.1, 0.15) is 25.8 Å². The molecule has 0 amide bonds. The third-order valence-electron chi connectivity index (χ3n) is 2.82. The first-order valence-electron chi connectivity index (χ1n) is 5.95. The lowest BCUT2D eigenvalue weighted by atomic mass is 10.0. The summed E-state index contributed by atoms with van der Waals surface area (Å²) < 4.78 is 16.8. The fourth-order valence-electron chi connectivity index (χ4n) is 1.94. The van der Waals surface area contributed by atoms with Gasteiger partial charge in [-0.1, -0.05) is 19.1 Å². The molecule has 0 saturated heterocycles. The van der Waals surface area contributed by atoms with E-state index in [1.54, 1.807) is 7.11 Å². The van der Waals surface area contributed by atoms with Crippen molar-refractivity contribution in [1.82, 2.24) is 0 Å². The van der Waals surface area contributed by atoms with E-state index in [9.17, 15) is 0 Å². The number of benzene rings is 1. The quantitative estimate of drug-likeness (QED) is 0.800. The lowest BCUT2D eigenvalue weighted by Crippen LogP contribution is -2.26. The maximum Gasteiger partial charge on any atom is 0.223 e. The summed E-state index contributed by atoms with van der Waals surface area (Å²) >= 11 is 0. The highest BCUT2D eigenvalue weighted by molar-refractivity contribution is 5.66.